The predicted molar refractivity (Wildman–Crippen MR) is 82.6 cm³/mol. The number of likely N-dealkylation sites (tertiary alicyclic amines) is 1. The van der Waals surface area contributed by atoms with Crippen LogP contribution in [-0.4, -0.2) is 34.2 Å². The van der Waals surface area contributed by atoms with Gasteiger partial charge < -0.3 is 5.11 Å². The number of thiazole rings is 1. The molecule has 0 radical (unpaired) electrons. The highest BCUT2D eigenvalue weighted by Gasteiger charge is 2.26. The first-order chi connectivity index (χ1) is 9.72. The van der Waals surface area contributed by atoms with Gasteiger partial charge in [-0.25, -0.2) is 4.98 Å². The average molecular weight is 288 g/mol. The number of aromatic nitrogens is 1. The maximum atomic E-state index is 9.65. The van der Waals surface area contributed by atoms with Crippen molar-refractivity contribution in [3.63, 3.8) is 0 Å². The molecule has 0 saturated carbocycles. The molecule has 1 fully saturated rings. The van der Waals surface area contributed by atoms with Gasteiger partial charge in [-0.05, 0) is 25.8 Å². The Morgan fingerprint density at radius 3 is 2.90 bits per heavy atom. The molecule has 0 spiro atoms. The fraction of sp³-hybridized carbons (Fsp3) is 0.438. The second-order valence-corrected chi connectivity index (χ2v) is 6.39. The predicted octanol–water partition coefficient (Wildman–Crippen LogP) is 3.01. The molecule has 1 N–H and O–H groups in total. The molecule has 3 rings (SSSR count). The average Bonchev–Trinajstić information content (AvgIpc) is 3.10. The van der Waals surface area contributed by atoms with E-state index < -0.39 is 0 Å². The van der Waals surface area contributed by atoms with E-state index in [0.717, 1.165) is 36.8 Å². The van der Waals surface area contributed by atoms with Crippen LogP contribution in [0.3, 0.4) is 0 Å². The molecule has 2 aromatic rings. The summed E-state index contributed by atoms with van der Waals surface area (Å²) in [6.45, 7) is 4.83. The minimum atomic E-state index is -0.199. The largest absolute Gasteiger partial charge is 0.393 e. The fourth-order valence-electron chi connectivity index (χ4n) is 2.72. The van der Waals surface area contributed by atoms with Crippen LogP contribution in [0.5, 0.6) is 0 Å². The van der Waals surface area contributed by atoms with Gasteiger partial charge in [0, 0.05) is 24.0 Å². The van der Waals surface area contributed by atoms with Crippen molar-refractivity contribution in [2.75, 3.05) is 13.1 Å². The Hall–Kier alpha value is -1.23. The Balaban J connectivity index is 1.64. The van der Waals surface area contributed by atoms with E-state index in [1.807, 2.05) is 25.1 Å². The first-order valence-electron chi connectivity index (χ1n) is 7.12. The van der Waals surface area contributed by atoms with Crippen LogP contribution >= 0.6 is 11.3 Å². The minimum Gasteiger partial charge on any atom is -0.393 e. The van der Waals surface area contributed by atoms with Gasteiger partial charge in [-0.2, -0.15) is 0 Å². The fourth-order valence-corrected chi connectivity index (χ4v) is 3.54. The van der Waals surface area contributed by atoms with Crippen LogP contribution < -0.4 is 0 Å². The van der Waals surface area contributed by atoms with Gasteiger partial charge in [0.15, 0.2) is 0 Å². The Kier molecular flexibility index (Phi) is 4.15. The van der Waals surface area contributed by atoms with Gasteiger partial charge in [0.1, 0.15) is 5.01 Å². The molecule has 1 saturated heterocycles. The number of aliphatic hydroxyl groups is 1. The number of hydrogen-bond acceptors (Lipinski definition) is 4. The van der Waals surface area contributed by atoms with Crippen molar-refractivity contribution in [2.24, 2.45) is 5.92 Å². The maximum Gasteiger partial charge on any atom is 0.123 e. The highest BCUT2D eigenvalue weighted by Crippen LogP contribution is 2.26. The van der Waals surface area contributed by atoms with Crippen molar-refractivity contribution in [3.05, 3.63) is 41.4 Å². The summed E-state index contributed by atoms with van der Waals surface area (Å²) >= 11 is 1.71. The van der Waals surface area contributed by atoms with Crippen LogP contribution in [-0.2, 0) is 6.54 Å². The van der Waals surface area contributed by atoms with E-state index in [-0.39, 0.29) is 6.10 Å². The van der Waals surface area contributed by atoms with Crippen molar-refractivity contribution in [1.82, 2.24) is 9.88 Å². The third-order valence-corrected chi connectivity index (χ3v) is 4.89. The van der Waals surface area contributed by atoms with E-state index >= 15 is 0 Å². The van der Waals surface area contributed by atoms with Crippen molar-refractivity contribution in [1.29, 1.82) is 0 Å². The molecule has 1 aliphatic rings. The summed E-state index contributed by atoms with van der Waals surface area (Å²) in [5, 5.41) is 12.9. The van der Waals surface area contributed by atoms with Gasteiger partial charge in [-0.15, -0.1) is 11.3 Å². The summed E-state index contributed by atoms with van der Waals surface area (Å²) in [6.07, 6.45) is 0.892. The van der Waals surface area contributed by atoms with Gasteiger partial charge in [0.25, 0.3) is 0 Å². The van der Waals surface area contributed by atoms with Gasteiger partial charge in [0.2, 0.25) is 0 Å². The molecule has 2 unspecified atom stereocenters. The summed E-state index contributed by atoms with van der Waals surface area (Å²) in [6, 6.07) is 10.3. The summed E-state index contributed by atoms with van der Waals surface area (Å²) < 4.78 is 0. The summed E-state index contributed by atoms with van der Waals surface area (Å²) in [4.78, 5) is 7.12. The lowest BCUT2D eigenvalue weighted by atomic mass is 10.0. The highest BCUT2D eigenvalue weighted by atomic mass is 32.1. The monoisotopic (exact) mass is 288 g/mol. The number of nitrogens with zero attached hydrogens (tertiary/aromatic N) is 2. The molecule has 1 aromatic carbocycles. The van der Waals surface area contributed by atoms with Crippen molar-refractivity contribution in [3.8, 4) is 10.6 Å². The Bertz CT molecular complexity index is 553. The van der Waals surface area contributed by atoms with Crippen molar-refractivity contribution < 1.29 is 5.11 Å². The number of benzene rings is 1. The molecule has 2 atom stereocenters. The lowest BCUT2D eigenvalue weighted by Gasteiger charge is -2.16. The zero-order valence-corrected chi connectivity index (χ0v) is 12.5. The molecular weight excluding hydrogens is 268 g/mol. The topological polar surface area (TPSA) is 36.4 Å². The quantitative estimate of drug-likeness (QED) is 0.939. The normalized spacial score (nSPS) is 21.2. The zero-order chi connectivity index (χ0) is 13.9. The van der Waals surface area contributed by atoms with Crippen molar-refractivity contribution >= 4 is 11.3 Å². The molecule has 2 heterocycles. The van der Waals surface area contributed by atoms with Gasteiger partial charge >= 0.3 is 0 Å². The number of rotatable bonds is 4. The first-order valence-corrected chi connectivity index (χ1v) is 8.00. The summed E-state index contributed by atoms with van der Waals surface area (Å²) in [7, 11) is 0. The van der Waals surface area contributed by atoms with Crippen LogP contribution in [0, 0.1) is 5.92 Å². The highest BCUT2D eigenvalue weighted by molar-refractivity contribution is 7.13. The van der Waals surface area contributed by atoms with Crippen molar-refractivity contribution in [2.45, 2.75) is 26.0 Å². The van der Waals surface area contributed by atoms with Crippen LogP contribution in [0.15, 0.2) is 35.7 Å². The molecular formula is C16H20N2OS. The second kappa shape index (κ2) is 6.04. The third-order valence-electron chi connectivity index (χ3n) is 3.95. The standard InChI is InChI=1S/C16H20N2OS/c1-12(19)14-7-8-18(9-14)10-15-11-20-16(17-15)13-5-3-2-4-6-13/h2-6,11-12,14,19H,7-10H2,1H3. The van der Waals surface area contributed by atoms with E-state index in [9.17, 15) is 5.11 Å². The van der Waals surface area contributed by atoms with Gasteiger partial charge in [-0.3, -0.25) is 4.90 Å². The summed E-state index contributed by atoms with van der Waals surface area (Å²) in [5.74, 6) is 0.419. The van der Waals surface area contributed by atoms with E-state index in [2.05, 4.69) is 22.4 Å². The van der Waals surface area contributed by atoms with Gasteiger partial charge in [-0.1, -0.05) is 30.3 Å². The van der Waals surface area contributed by atoms with Crippen LogP contribution in [0.2, 0.25) is 0 Å². The molecule has 0 bridgehead atoms. The third kappa shape index (κ3) is 3.08. The molecule has 0 amide bonds. The second-order valence-electron chi connectivity index (χ2n) is 5.53. The number of aliphatic hydroxyl groups excluding tert-OH is 1. The van der Waals surface area contributed by atoms with Crippen LogP contribution in [0.4, 0.5) is 0 Å². The van der Waals surface area contributed by atoms with E-state index in [0.29, 0.717) is 5.92 Å². The Labute approximate surface area is 123 Å². The smallest absolute Gasteiger partial charge is 0.123 e. The lowest BCUT2D eigenvalue weighted by molar-refractivity contribution is 0.127. The van der Waals surface area contributed by atoms with Crippen LogP contribution in [0.25, 0.3) is 10.6 Å². The lowest BCUT2D eigenvalue weighted by Crippen LogP contribution is -2.24. The van der Waals surface area contributed by atoms with E-state index in [1.54, 1.807) is 11.3 Å². The Morgan fingerprint density at radius 2 is 2.20 bits per heavy atom. The first kappa shape index (κ1) is 13.7. The SMILES string of the molecule is CC(O)C1CCN(Cc2csc(-c3ccccc3)n2)C1. The minimum absolute atomic E-state index is 0.199. The number of hydrogen-bond donors (Lipinski definition) is 1. The van der Waals surface area contributed by atoms with Gasteiger partial charge in [0.05, 0.1) is 11.8 Å². The Morgan fingerprint density at radius 1 is 1.40 bits per heavy atom. The van der Waals surface area contributed by atoms with E-state index in [4.69, 9.17) is 4.98 Å². The zero-order valence-electron chi connectivity index (χ0n) is 11.7. The summed E-state index contributed by atoms with van der Waals surface area (Å²) in [5.41, 5.74) is 2.33. The molecule has 4 heteroatoms. The molecule has 20 heavy (non-hydrogen) atoms. The molecule has 1 aliphatic heterocycles. The molecule has 0 aliphatic carbocycles. The maximum absolute atomic E-state index is 9.65. The molecule has 1 aromatic heterocycles. The molecule has 106 valence electrons. The molecule has 3 nitrogen and oxygen atoms in total. The van der Waals surface area contributed by atoms with Crippen LogP contribution in [0.1, 0.15) is 19.0 Å². The van der Waals surface area contributed by atoms with E-state index in [1.165, 1.54) is 5.56 Å².